The van der Waals surface area contributed by atoms with Gasteiger partial charge in [0.25, 0.3) is 0 Å². The van der Waals surface area contributed by atoms with Gasteiger partial charge in [0.05, 0.1) is 0 Å². The van der Waals surface area contributed by atoms with E-state index in [9.17, 15) is 4.79 Å². The molecule has 0 atom stereocenters. The lowest BCUT2D eigenvalue weighted by Crippen LogP contribution is -2.09. The van der Waals surface area contributed by atoms with Gasteiger partial charge in [0.1, 0.15) is 0 Å². The van der Waals surface area contributed by atoms with Gasteiger partial charge in [-0.2, -0.15) is 0 Å². The third-order valence-corrected chi connectivity index (χ3v) is 3.43. The Bertz CT molecular complexity index is 223. The minimum absolute atomic E-state index is 0.168. The molecule has 2 heteroatoms. The second-order valence-electron chi connectivity index (χ2n) is 5.45. The monoisotopic (exact) mass is 267 g/mol. The Morgan fingerprint density at radius 3 is 1.79 bits per heavy atom. The van der Waals surface area contributed by atoms with Crippen LogP contribution in [0.2, 0.25) is 0 Å². The maximum absolute atomic E-state index is 10.5. The quantitative estimate of drug-likeness (QED) is 0.344. The molecule has 0 radical (unpaired) electrons. The summed E-state index contributed by atoms with van der Waals surface area (Å²) in [7, 11) is 0. The number of hydrogen-bond donors (Lipinski definition) is 1. The molecule has 0 saturated heterocycles. The van der Waals surface area contributed by atoms with E-state index in [0.717, 1.165) is 12.8 Å². The fourth-order valence-corrected chi connectivity index (χ4v) is 2.19. The fourth-order valence-electron chi connectivity index (χ4n) is 2.19. The molecule has 0 aromatic carbocycles. The van der Waals surface area contributed by atoms with Crippen LogP contribution in [0.4, 0.5) is 0 Å². The zero-order chi connectivity index (χ0) is 14.2. The molecule has 0 bridgehead atoms. The molecule has 0 spiro atoms. The maximum Gasteiger partial charge on any atom is 0.217 e. The van der Waals surface area contributed by atoms with Gasteiger partial charge >= 0.3 is 0 Å². The van der Waals surface area contributed by atoms with Gasteiger partial charge in [0.2, 0.25) is 5.91 Å². The lowest BCUT2D eigenvalue weighted by Gasteiger charge is -1.98. The number of nitrogens with two attached hydrogens (primary N) is 1. The maximum atomic E-state index is 10.5. The summed E-state index contributed by atoms with van der Waals surface area (Å²) in [6, 6.07) is 0. The average Bonchev–Trinajstić information content (AvgIpc) is 2.39. The number of allylic oxidation sites excluding steroid dienone is 2. The van der Waals surface area contributed by atoms with E-state index < -0.39 is 0 Å². The fraction of sp³-hybridized carbons (Fsp3) is 0.824. The van der Waals surface area contributed by atoms with Crippen LogP contribution in [-0.4, -0.2) is 5.91 Å². The summed E-state index contributed by atoms with van der Waals surface area (Å²) in [6.07, 6.45) is 20.5. The van der Waals surface area contributed by atoms with Gasteiger partial charge in [0.15, 0.2) is 0 Å². The molecule has 1 amide bonds. The minimum atomic E-state index is -0.168. The van der Waals surface area contributed by atoms with Crippen molar-refractivity contribution in [2.24, 2.45) is 5.73 Å². The zero-order valence-electron chi connectivity index (χ0n) is 12.8. The molecule has 0 aromatic rings. The summed E-state index contributed by atoms with van der Waals surface area (Å²) < 4.78 is 0. The average molecular weight is 267 g/mol. The van der Waals surface area contributed by atoms with E-state index >= 15 is 0 Å². The van der Waals surface area contributed by atoms with Gasteiger partial charge < -0.3 is 5.73 Å². The number of amides is 1. The van der Waals surface area contributed by atoms with Gasteiger partial charge in [-0.05, 0) is 32.1 Å². The molecule has 0 unspecified atom stereocenters. The number of rotatable bonds is 14. The Kier molecular flexibility index (Phi) is 14.6. The molecule has 19 heavy (non-hydrogen) atoms. The molecule has 0 heterocycles. The smallest absolute Gasteiger partial charge is 0.217 e. The third-order valence-electron chi connectivity index (χ3n) is 3.43. The highest BCUT2D eigenvalue weighted by Gasteiger charge is 1.93. The minimum Gasteiger partial charge on any atom is -0.370 e. The normalized spacial score (nSPS) is 11.2. The van der Waals surface area contributed by atoms with Crippen LogP contribution in [-0.2, 0) is 4.79 Å². The first-order valence-electron chi connectivity index (χ1n) is 8.20. The Morgan fingerprint density at radius 1 is 0.789 bits per heavy atom. The van der Waals surface area contributed by atoms with Crippen molar-refractivity contribution >= 4 is 5.91 Å². The Morgan fingerprint density at radius 2 is 1.26 bits per heavy atom. The van der Waals surface area contributed by atoms with Crippen molar-refractivity contribution in [2.45, 2.75) is 90.4 Å². The highest BCUT2D eigenvalue weighted by Crippen LogP contribution is 2.09. The Labute approximate surface area is 119 Å². The lowest BCUT2D eigenvalue weighted by atomic mass is 10.1. The summed E-state index contributed by atoms with van der Waals surface area (Å²) in [5.74, 6) is -0.168. The van der Waals surface area contributed by atoms with Crippen LogP contribution in [0.25, 0.3) is 0 Å². The molecule has 112 valence electrons. The van der Waals surface area contributed by atoms with Gasteiger partial charge in [-0.1, -0.05) is 64.0 Å². The molecule has 0 aliphatic heterocycles. The summed E-state index contributed by atoms with van der Waals surface area (Å²) in [6.45, 7) is 2.26. The highest BCUT2D eigenvalue weighted by molar-refractivity contribution is 5.73. The predicted molar refractivity (Wildman–Crippen MR) is 84.0 cm³/mol. The first-order chi connectivity index (χ1) is 9.27. The van der Waals surface area contributed by atoms with Crippen LogP contribution >= 0.6 is 0 Å². The van der Waals surface area contributed by atoms with E-state index in [-0.39, 0.29) is 5.91 Å². The molecule has 2 N–H and O–H groups in total. The standard InChI is InChI=1S/C17H33NO/c1-2-3-4-5-6-7-8-9-10-11-12-13-14-15-16-17(18)19/h9-10H,2-8,11-16H2,1H3,(H2,18,19)/b10-9+. The van der Waals surface area contributed by atoms with Gasteiger partial charge in [-0.15, -0.1) is 0 Å². The number of carbonyl (C=O) groups excluding carboxylic acids is 1. The van der Waals surface area contributed by atoms with E-state index in [4.69, 9.17) is 5.73 Å². The molecule has 0 rings (SSSR count). The van der Waals surface area contributed by atoms with Crippen LogP contribution < -0.4 is 5.73 Å². The van der Waals surface area contributed by atoms with Crippen LogP contribution in [0.15, 0.2) is 12.2 Å². The zero-order valence-corrected chi connectivity index (χ0v) is 12.8. The second kappa shape index (κ2) is 15.3. The number of unbranched alkanes of at least 4 members (excludes halogenated alkanes) is 10. The van der Waals surface area contributed by atoms with Crippen molar-refractivity contribution in [2.75, 3.05) is 0 Å². The second-order valence-corrected chi connectivity index (χ2v) is 5.45. The lowest BCUT2D eigenvalue weighted by molar-refractivity contribution is -0.118. The van der Waals surface area contributed by atoms with Crippen LogP contribution in [0.1, 0.15) is 90.4 Å². The number of hydrogen-bond acceptors (Lipinski definition) is 1. The van der Waals surface area contributed by atoms with E-state index in [1.807, 2.05) is 0 Å². The van der Waals surface area contributed by atoms with Gasteiger partial charge in [-0.3, -0.25) is 4.79 Å². The topological polar surface area (TPSA) is 43.1 Å². The first kappa shape index (κ1) is 18.2. The predicted octanol–water partition coefficient (Wildman–Crippen LogP) is 5.12. The largest absolute Gasteiger partial charge is 0.370 e. The first-order valence-corrected chi connectivity index (χ1v) is 8.20. The van der Waals surface area contributed by atoms with Crippen LogP contribution in [0, 0.1) is 0 Å². The molecule has 0 aliphatic rings. The molecule has 2 nitrogen and oxygen atoms in total. The van der Waals surface area contributed by atoms with Crippen molar-refractivity contribution in [1.82, 2.24) is 0 Å². The van der Waals surface area contributed by atoms with Gasteiger partial charge in [-0.25, -0.2) is 0 Å². The van der Waals surface area contributed by atoms with Crippen molar-refractivity contribution in [3.8, 4) is 0 Å². The molecule has 0 aliphatic carbocycles. The van der Waals surface area contributed by atoms with Crippen molar-refractivity contribution < 1.29 is 4.79 Å². The van der Waals surface area contributed by atoms with Crippen LogP contribution in [0.5, 0.6) is 0 Å². The van der Waals surface area contributed by atoms with E-state index in [0.29, 0.717) is 6.42 Å². The number of primary amides is 1. The van der Waals surface area contributed by atoms with Crippen molar-refractivity contribution in [3.63, 3.8) is 0 Å². The summed E-state index contributed by atoms with van der Waals surface area (Å²) in [5.41, 5.74) is 5.09. The number of carbonyl (C=O) groups is 1. The van der Waals surface area contributed by atoms with Crippen molar-refractivity contribution in [1.29, 1.82) is 0 Å². The SMILES string of the molecule is CCCCCCCC/C=C/CCCCCCC(N)=O. The molecule has 0 aromatic heterocycles. The Balaban J connectivity index is 3.07. The summed E-state index contributed by atoms with van der Waals surface area (Å²) in [5, 5.41) is 0. The Hall–Kier alpha value is -0.790. The van der Waals surface area contributed by atoms with E-state index in [1.54, 1.807) is 0 Å². The van der Waals surface area contributed by atoms with E-state index in [1.165, 1.54) is 64.2 Å². The van der Waals surface area contributed by atoms with Crippen LogP contribution in [0.3, 0.4) is 0 Å². The third kappa shape index (κ3) is 17.2. The summed E-state index contributed by atoms with van der Waals surface area (Å²) in [4.78, 5) is 10.5. The summed E-state index contributed by atoms with van der Waals surface area (Å²) >= 11 is 0. The van der Waals surface area contributed by atoms with Crippen molar-refractivity contribution in [3.05, 3.63) is 12.2 Å². The van der Waals surface area contributed by atoms with E-state index in [2.05, 4.69) is 19.1 Å². The van der Waals surface area contributed by atoms with Gasteiger partial charge in [0, 0.05) is 6.42 Å². The molecule has 0 fully saturated rings. The molecular weight excluding hydrogens is 234 g/mol. The molecule has 0 saturated carbocycles. The molecular formula is C17H33NO. The highest BCUT2D eigenvalue weighted by atomic mass is 16.1.